The predicted molar refractivity (Wildman–Crippen MR) is 417 cm³/mol. The molecule has 0 amide bonds. The van der Waals surface area contributed by atoms with Gasteiger partial charge in [-0.05, 0) is 184 Å². The summed E-state index contributed by atoms with van der Waals surface area (Å²) in [5.41, 5.74) is 25.9. The van der Waals surface area contributed by atoms with E-state index in [1.165, 1.54) is 49.4 Å². The maximum atomic E-state index is 7.75. The fourth-order valence-electron chi connectivity index (χ4n) is 17.1. The van der Waals surface area contributed by atoms with Crippen LogP contribution in [0.25, 0.3) is 132 Å². The molecule has 1 spiro atoms. The van der Waals surface area contributed by atoms with Gasteiger partial charge in [0.25, 0.3) is 0 Å². The van der Waals surface area contributed by atoms with Gasteiger partial charge in [-0.1, -0.05) is 260 Å². The summed E-state index contributed by atoms with van der Waals surface area (Å²) in [4.78, 5) is 4.98. The molecule has 3 aromatic heterocycles. The summed E-state index contributed by atoms with van der Waals surface area (Å²) in [7, 11) is 0. The number of para-hydroxylation sites is 3. The molecule has 100 heavy (non-hydrogen) atoms. The predicted octanol–water partition coefficient (Wildman–Crippen LogP) is 26.9. The molecule has 5 heteroatoms. The molecule has 0 saturated carbocycles. The first-order valence-electron chi connectivity index (χ1n) is 34.9. The van der Waals surface area contributed by atoms with E-state index >= 15 is 0 Å². The van der Waals surface area contributed by atoms with E-state index in [1.54, 1.807) is 0 Å². The lowest BCUT2D eigenvalue weighted by Gasteiger charge is -2.34. The van der Waals surface area contributed by atoms with Crippen molar-refractivity contribution >= 4 is 121 Å². The zero-order chi connectivity index (χ0) is 66.9. The monoisotopic (exact) mass is 1280 g/mol. The minimum atomic E-state index is -0.993. The number of benzene rings is 15. The standard InChI is InChI=1S/C95H68N2O3/c1-93(2,3)61-41-49-65(50-42-61)96(63-45-37-59(38-46-63)69-31-19-23-57-21-7-9-25-67(57)69)79-55-77-89(91-86(79)72-28-12-17-35-82(72)99-91)90-78(95(77)75-33-15-11-27-71(75)85-76(95)53-54-84-88(85)74-30-14-16-34-81(74)98-84)56-80(87-73-29-13-18-36-83(73)100-92(87)90)97(66-51-43-62(44-52-66)94(4,5)6)64-47-39-60(40-48-64)70-32-20-24-58-22-8-10-26-68(58)70/h7-56H,1-6H3. The highest BCUT2D eigenvalue weighted by Gasteiger charge is 2.55. The van der Waals surface area contributed by atoms with Crippen molar-refractivity contribution in [3.8, 4) is 44.5 Å². The van der Waals surface area contributed by atoms with Gasteiger partial charge in [0.05, 0.1) is 27.6 Å². The maximum absolute atomic E-state index is 7.75. The van der Waals surface area contributed by atoms with E-state index in [0.29, 0.717) is 0 Å². The van der Waals surface area contributed by atoms with E-state index in [9.17, 15) is 0 Å². The Morgan fingerprint density at radius 1 is 0.270 bits per heavy atom. The van der Waals surface area contributed by atoms with Crippen LogP contribution in [0, 0.1) is 0 Å². The number of fused-ring (bicyclic) bond motifs is 24. The molecule has 0 fully saturated rings. The molecule has 15 aromatic carbocycles. The molecule has 18 aromatic rings. The number of nitrogens with zero attached hydrogens (tertiary/aromatic N) is 2. The van der Waals surface area contributed by atoms with Gasteiger partial charge in [0.2, 0.25) is 0 Å². The quantitative estimate of drug-likeness (QED) is 0.152. The van der Waals surface area contributed by atoms with Crippen molar-refractivity contribution < 1.29 is 13.3 Å². The maximum Gasteiger partial charge on any atom is 0.145 e. The second kappa shape index (κ2) is 21.4. The molecule has 2 aliphatic carbocycles. The van der Waals surface area contributed by atoms with Gasteiger partial charge in [0, 0.05) is 55.4 Å². The largest absolute Gasteiger partial charge is 0.456 e. The van der Waals surface area contributed by atoms with Crippen LogP contribution in [0.3, 0.4) is 0 Å². The summed E-state index contributed by atoms with van der Waals surface area (Å²) in [6.07, 6.45) is 0. The Balaban J connectivity index is 0.929. The SMILES string of the molecule is CC(C)(C)c1ccc(N(c2ccc(-c3cccc4ccccc34)cc2)c2cc3c(c4oc5ccccc5c24)-c2c(cc(N(c4ccc(-c5cccc6ccccc56)cc4)c4ccc(C(C)(C)C)cc4)c4c2oc2ccccc24)C32c3ccccc3-c3c2ccc2oc4ccccc4c32)cc1. The first kappa shape index (κ1) is 58.0. The summed E-state index contributed by atoms with van der Waals surface area (Å²) in [5.74, 6) is 0. The summed E-state index contributed by atoms with van der Waals surface area (Å²) < 4.78 is 22.4. The molecule has 0 saturated heterocycles. The van der Waals surface area contributed by atoms with Crippen molar-refractivity contribution in [2.45, 2.75) is 57.8 Å². The summed E-state index contributed by atoms with van der Waals surface area (Å²) in [6, 6.07) is 112. The molecular formula is C95H68N2O3. The normalized spacial score (nSPS) is 13.2. The Morgan fingerprint density at radius 3 is 1.10 bits per heavy atom. The zero-order valence-corrected chi connectivity index (χ0v) is 56.5. The smallest absolute Gasteiger partial charge is 0.145 e. The molecule has 0 radical (unpaired) electrons. The minimum absolute atomic E-state index is 0.0779. The van der Waals surface area contributed by atoms with E-state index in [2.05, 4.69) is 355 Å². The van der Waals surface area contributed by atoms with Crippen LogP contribution in [0.1, 0.15) is 74.9 Å². The fraction of sp³-hybridized carbons (Fsp3) is 0.0947. The number of hydrogen-bond acceptors (Lipinski definition) is 5. The topological polar surface area (TPSA) is 45.9 Å². The van der Waals surface area contributed by atoms with Gasteiger partial charge in [-0.3, -0.25) is 0 Å². The van der Waals surface area contributed by atoms with Crippen molar-refractivity contribution in [3.05, 3.63) is 337 Å². The van der Waals surface area contributed by atoms with Gasteiger partial charge in [-0.2, -0.15) is 0 Å². The highest BCUT2D eigenvalue weighted by atomic mass is 16.3. The summed E-state index contributed by atoms with van der Waals surface area (Å²) in [6.45, 7) is 13.7. The summed E-state index contributed by atoms with van der Waals surface area (Å²) in [5, 5.41) is 11.1. The number of anilines is 6. The van der Waals surface area contributed by atoms with Crippen LogP contribution in [-0.2, 0) is 16.2 Å². The van der Waals surface area contributed by atoms with Crippen LogP contribution in [0.15, 0.2) is 317 Å². The van der Waals surface area contributed by atoms with E-state index < -0.39 is 5.41 Å². The molecule has 0 aliphatic heterocycles. The van der Waals surface area contributed by atoms with Crippen LogP contribution >= 0.6 is 0 Å². The Kier molecular flexibility index (Phi) is 12.4. The van der Waals surface area contributed by atoms with Crippen molar-refractivity contribution in [1.82, 2.24) is 0 Å². The lowest BCUT2D eigenvalue weighted by Crippen LogP contribution is -2.26. The van der Waals surface area contributed by atoms with E-state index in [0.717, 1.165) is 150 Å². The van der Waals surface area contributed by atoms with Crippen molar-refractivity contribution in [2.75, 3.05) is 9.80 Å². The van der Waals surface area contributed by atoms with Gasteiger partial charge in [-0.25, -0.2) is 0 Å². The second-order valence-corrected chi connectivity index (χ2v) is 29.4. The molecule has 2 aliphatic rings. The zero-order valence-electron chi connectivity index (χ0n) is 56.5. The number of rotatable bonds is 8. The van der Waals surface area contributed by atoms with Gasteiger partial charge >= 0.3 is 0 Å². The minimum Gasteiger partial charge on any atom is -0.456 e. The van der Waals surface area contributed by atoms with E-state index in [1.807, 2.05) is 0 Å². The third-order valence-corrected chi connectivity index (χ3v) is 21.8. The first-order valence-corrected chi connectivity index (χ1v) is 34.9. The molecule has 0 N–H and O–H groups in total. The van der Waals surface area contributed by atoms with Crippen LogP contribution in [-0.4, -0.2) is 0 Å². The molecule has 20 rings (SSSR count). The molecule has 0 bridgehead atoms. The first-order chi connectivity index (χ1) is 48.9. The van der Waals surface area contributed by atoms with Crippen molar-refractivity contribution in [1.29, 1.82) is 0 Å². The molecule has 0 atom stereocenters. The molecule has 5 nitrogen and oxygen atoms in total. The average Bonchev–Trinajstić information content (AvgIpc) is 1.48. The van der Waals surface area contributed by atoms with Gasteiger partial charge in [0.15, 0.2) is 0 Å². The van der Waals surface area contributed by atoms with Gasteiger partial charge in [0.1, 0.15) is 33.5 Å². The van der Waals surface area contributed by atoms with Crippen molar-refractivity contribution in [2.24, 2.45) is 0 Å². The molecular weight excluding hydrogens is 1220 g/mol. The lowest BCUT2D eigenvalue weighted by molar-refractivity contribution is 0.590. The average molecular weight is 1290 g/mol. The number of hydrogen-bond donors (Lipinski definition) is 0. The Morgan fingerprint density at radius 2 is 0.640 bits per heavy atom. The lowest BCUT2D eigenvalue weighted by atomic mass is 9.70. The van der Waals surface area contributed by atoms with E-state index in [-0.39, 0.29) is 10.8 Å². The third kappa shape index (κ3) is 8.42. The van der Waals surface area contributed by atoms with Gasteiger partial charge < -0.3 is 23.1 Å². The van der Waals surface area contributed by atoms with Crippen LogP contribution < -0.4 is 9.80 Å². The molecule has 476 valence electrons. The highest BCUT2D eigenvalue weighted by Crippen LogP contribution is 2.69. The highest BCUT2D eigenvalue weighted by molar-refractivity contribution is 6.26. The van der Waals surface area contributed by atoms with Crippen LogP contribution in [0.5, 0.6) is 0 Å². The summed E-state index contributed by atoms with van der Waals surface area (Å²) >= 11 is 0. The Labute approximate surface area is 580 Å². The Hall–Kier alpha value is -12.2. The van der Waals surface area contributed by atoms with Crippen LogP contribution in [0.4, 0.5) is 34.1 Å². The molecule has 3 heterocycles. The van der Waals surface area contributed by atoms with Crippen LogP contribution in [0.2, 0.25) is 0 Å². The second-order valence-electron chi connectivity index (χ2n) is 29.4. The number of furan rings is 3. The van der Waals surface area contributed by atoms with Gasteiger partial charge in [-0.15, -0.1) is 0 Å². The molecule has 0 unspecified atom stereocenters. The third-order valence-electron chi connectivity index (χ3n) is 21.8. The Bertz CT molecular complexity index is 6090. The van der Waals surface area contributed by atoms with E-state index in [4.69, 9.17) is 13.3 Å². The fourth-order valence-corrected chi connectivity index (χ4v) is 17.1. The van der Waals surface area contributed by atoms with Crippen molar-refractivity contribution in [3.63, 3.8) is 0 Å².